The Hall–Kier alpha value is -0.930. The van der Waals surface area contributed by atoms with Crippen LogP contribution in [0.5, 0.6) is 0 Å². The molecule has 20 heavy (non-hydrogen) atoms. The van der Waals surface area contributed by atoms with Crippen molar-refractivity contribution >= 4 is 0 Å². The molecule has 3 heteroatoms. The Kier molecular flexibility index (Phi) is 5.17. The van der Waals surface area contributed by atoms with Gasteiger partial charge < -0.3 is 10.1 Å². The Bertz CT molecular complexity index is 437. The van der Waals surface area contributed by atoms with Gasteiger partial charge in [-0.1, -0.05) is 31.9 Å². The second-order valence-corrected chi connectivity index (χ2v) is 6.15. The fourth-order valence-corrected chi connectivity index (χ4v) is 3.64. The second kappa shape index (κ2) is 6.68. The van der Waals surface area contributed by atoms with Gasteiger partial charge in [0.05, 0.1) is 5.60 Å². The van der Waals surface area contributed by atoms with Crippen LogP contribution in [0.4, 0.5) is 4.39 Å². The lowest BCUT2D eigenvalue weighted by atomic mass is 9.73. The van der Waals surface area contributed by atoms with Crippen molar-refractivity contribution in [3.8, 4) is 0 Å². The van der Waals surface area contributed by atoms with Crippen LogP contribution >= 0.6 is 0 Å². The lowest BCUT2D eigenvalue weighted by molar-refractivity contribution is -0.0775. The summed E-state index contributed by atoms with van der Waals surface area (Å²) in [6.45, 7) is 2.29. The predicted octanol–water partition coefficient (Wildman–Crippen LogP) is 3.55. The van der Waals surface area contributed by atoms with Gasteiger partial charge in [0, 0.05) is 13.2 Å². The van der Waals surface area contributed by atoms with Gasteiger partial charge in [-0.2, -0.15) is 0 Å². The molecule has 1 N–H and O–H groups in total. The van der Waals surface area contributed by atoms with Crippen LogP contribution in [0.3, 0.4) is 0 Å². The van der Waals surface area contributed by atoms with Crippen molar-refractivity contribution in [1.29, 1.82) is 0 Å². The number of methoxy groups -OCH3 is 1. The monoisotopic (exact) mass is 279 g/mol. The Morgan fingerprint density at radius 1 is 1.50 bits per heavy atom. The van der Waals surface area contributed by atoms with E-state index in [1.807, 2.05) is 20.2 Å². The average Bonchev–Trinajstić information content (AvgIpc) is 2.44. The molecule has 3 unspecified atom stereocenters. The zero-order valence-electron chi connectivity index (χ0n) is 12.8. The van der Waals surface area contributed by atoms with E-state index in [1.165, 1.54) is 18.9 Å². The summed E-state index contributed by atoms with van der Waals surface area (Å²) in [5, 5.41) is 3.40. The van der Waals surface area contributed by atoms with E-state index in [0.717, 1.165) is 24.8 Å². The molecule has 2 rings (SSSR count). The third kappa shape index (κ3) is 3.39. The summed E-state index contributed by atoms with van der Waals surface area (Å²) in [6, 6.07) is 7.10. The van der Waals surface area contributed by atoms with Crippen LogP contribution in [0.2, 0.25) is 0 Å². The molecule has 0 bridgehead atoms. The minimum absolute atomic E-state index is 0.126. The van der Waals surface area contributed by atoms with Gasteiger partial charge in [-0.3, -0.25) is 0 Å². The van der Waals surface area contributed by atoms with E-state index in [4.69, 9.17) is 4.74 Å². The Morgan fingerprint density at radius 3 is 2.90 bits per heavy atom. The number of hydrogen-bond donors (Lipinski definition) is 1. The molecule has 0 heterocycles. The zero-order chi connectivity index (χ0) is 14.6. The van der Waals surface area contributed by atoms with Gasteiger partial charge in [-0.25, -0.2) is 4.39 Å². The van der Waals surface area contributed by atoms with Crippen molar-refractivity contribution in [3.05, 3.63) is 35.6 Å². The normalized spacial score (nSPS) is 28.3. The fraction of sp³-hybridized carbons (Fsp3) is 0.647. The number of benzene rings is 1. The Morgan fingerprint density at radius 2 is 2.30 bits per heavy atom. The van der Waals surface area contributed by atoms with Crippen molar-refractivity contribution in [3.63, 3.8) is 0 Å². The zero-order valence-corrected chi connectivity index (χ0v) is 12.8. The highest BCUT2D eigenvalue weighted by Crippen LogP contribution is 2.38. The van der Waals surface area contributed by atoms with Gasteiger partial charge in [-0.15, -0.1) is 0 Å². The molecule has 0 radical (unpaired) electrons. The maximum atomic E-state index is 13.4. The minimum atomic E-state index is -0.166. The van der Waals surface area contributed by atoms with Crippen LogP contribution < -0.4 is 5.32 Å². The highest BCUT2D eigenvalue weighted by atomic mass is 19.1. The van der Waals surface area contributed by atoms with E-state index in [1.54, 1.807) is 12.1 Å². The minimum Gasteiger partial charge on any atom is -0.377 e. The second-order valence-electron chi connectivity index (χ2n) is 6.15. The van der Waals surface area contributed by atoms with Crippen LogP contribution in [0.15, 0.2) is 24.3 Å². The summed E-state index contributed by atoms with van der Waals surface area (Å²) < 4.78 is 19.3. The topological polar surface area (TPSA) is 21.3 Å². The maximum Gasteiger partial charge on any atom is 0.123 e. The van der Waals surface area contributed by atoms with Crippen LogP contribution in [-0.4, -0.2) is 25.8 Å². The van der Waals surface area contributed by atoms with Crippen LogP contribution in [0.25, 0.3) is 0 Å². The summed E-state index contributed by atoms with van der Waals surface area (Å²) >= 11 is 0. The molecule has 0 aromatic heterocycles. The van der Waals surface area contributed by atoms with Crippen LogP contribution in [0, 0.1) is 11.7 Å². The third-order valence-corrected chi connectivity index (χ3v) is 4.71. The van der Waals surface area contributed by atoms with E-state index in [9.17, 15) is 4.39 Å². The molecule has 112 valence electrons. The number of halogens is 1. The van der Waals surface area contributed by atoms with Crippen molar-refractivity contribution in [2.75, 3.05) is 14.2 Å². The van der Waals surface area contributed by atoms with E-state index in [0.29, 0.717) is 5.92 Å². The summed E-state index contributed by atoms with van der Waals surface area (Å²) in [6.07, 6.45) is 5.44. The van der Waals surface area contributed by atoms with Crippen molar-refractivity contribution < 1.29 is 9.13 Å². The summed E-state index contributed by atoms with van der Waals surface area (Å²) in [5.41, 5.74) is 0.901. The quantitative estimate of drug-likeness (QED) is 0.890. The van der Waals surface area contributed by atoms with Crippen LogP contribution in [-0.2, 0) is 11.2 Å². The first kappa shape index (κ1) is 15.5. The van der Waals surface area contributed by atoms with Crippen molar-refractivity contribution in [2.24, 2.45) is 5.92 Å². The first-order chi connectivity index (χ1) is 9.59. The van der Waals surface area contributed by atoms with Crippen LogP contribution in [0.1, 0.15) is 38.2 Å². The lowest BCUT2D eigenvalue weighted by Crippen LogP contribution is -2.54. The largest absolute Gasteiger partial charge is 0.377 e. The molecule has 1 aliphatic rings. The standard InChI is InChI=1S/C17H26FNO/c1-13-6-5-9-17(12-13,20-3)16(19-2)11-14-7-4-8-15(18)10-14/h4,7-8,10,13,16,19H,5-6,9,11-12H2,1-3H3. The molecule has 1 aliphatic carbocycles. The van der Waals surface area contributed by atoms with Gasteiger partial charge >= 0.3 is 0 Å². The van der Waals surface area contributed by atoms with E-state index >= 15 is 0 Å². The van der Waals surface area contributed by atoms with Gasteiger partial charge in [0.2, 0.25) is 0 Å². The molecule has 0 amide bonds. The predicted molar refractivity (Wildman–Crippen MR) is 80.3 cm³/mol. The number of likely N-dealkylation sites (N-methyl/N-ethyl adjacent to an activating group) is 1. The summed E-state index contributed by atoms with van der Waals surface area (Å²) in [5.74, 6) is 0.521. The molecule has 1 aromatic carbocycles. The number of nitrogens with one attached hydrogen (secondary N) is 1. The van der Waals surface area contributed by atoms with Gasteiger partial charge in [0.1, 0.15) is 5.82 Å². The molecule has 0 saturated heterocycles. The summed E-state index contributed by atoms with van der Waals surface area (Å²) in [7, 11) is 3.79. The molecule has 2 nitrogen and oxygen atoms in total. The highest BCUT2D eigenvalue weighted by Gasteiger charge is 2.41. The third-order valence-electron chi connectivity index (χ3n) is 4.71. The molecule has 1 aromatic rings. The maximum absolute atomic E-state index is 13.4. The SMILES string of the molecule is CNC(Cc1cccc(F)c1)C1(OC)CCCC(C)C1. The first-order valence-electron chi connectivity index (χ1n) is 7.56. The number of hydrogen-bond acceptors (Lipinski definition) is 2. The average molecular weight is 279 g/mol. The number of rotatable bonds is 5. The van der Waals surface area contributed by atoms with Gasteiger partial charge in [-0.05, 0) is 49.9 Å². The van der Waals surface area contributed by atoms with E-state index < -0.39 is 0 Å². The molecule has 1 saturated carbocycles. The smallest absolute Gasteiger partial charge is 0.123 e. The Balaban J connectivity index is 2.17. The van der Waals surface area contributed by atoms with E-state index in [-0.39, 0.29) is 17.5 Å². The van der Waals surface area contributed by atoms with Gasteiger partial charge in [0.25, 0.3) is 0 Å². The first-order valence-corrected chi connectivity index (χ1v) is 7.56. The number of ether oxygens (including phenoxy) is 1. The molecule has 0 spiro atoms. The van der Waals surface area contributed by atoms with E-state index in [2.05, 4.69) is 12.2 Å². The fourth-order valence-electron chi connectivity index (χ4n) is 3.64. The van der Waals surface area contributed by atoms with Gasteiger partial charge in [0.15, 0.2) is 0 Å². The lowest BCUT2D eigenvalue weighted by Gasteiger charge is -2.44. The molecule has 3 atom stereocenters. The Labute approximate surface area is 121 Å². The summed E-state index contributed by atoms with van der Waals surface area (Å²) in [4.78, 5) is 0. The molecular weight excluding hydrogens is 253 g/mol. The van der Waals surface area contributed by atoms with Crippen molar-refractivity contribution in [2.45, 2.75) is 50.7 Å². The molecule has 1 fully saturated rings. The molecular formula is C17H26FNO. The van der Waals surface area contributed by atoms with Crippen molar-refractivity contribution in [1.82, 2.24) is 5.32 Å². The highest BCUT2D eigenvalue weighted by molar-refractivity contribution is 5.19. The molecule has 0 aliphatic heterocycles.